The lowest BCUT2D eigenvalue weighted by atomic mass is 10.1. The van der Waals surface area contributed by atoms with Crippen molar-refractivity contribution in [3.63, 3.8) is 0 Å². The molecule has 3 rings (SSSR count). The van der Waals surface area contributed by atoms with Crippen molar-refractivity contribution < 1.29 is 19.1 Å². The van der Waals surface area contributed by atoms with Gasteiger partial charge in [-0.15, -0.1) is 0 Å². The van der Waals surface area contributed by atoms with E-state index in [0.29, 0.717) is 18.8 Å². The van der Waals surface area contributed by atoms with E-state index in [4.69, 9.17) is 4.74 Å². The van der Waals surface area contributed by atoms with Crippen molar-refractivity contribution in [2.45, 2.75) is 6.04 Å². The van der Waals surface area contributed by atoms with Crippen LogP contribution in [-0.4, -0.2) is 83.3 Å². The molecule has 0 aromatic carbocycles. The van der Waals surface area contributed by atoms with Crippen LogP contribution in [0, 0.1) is 0 Å². The molecule has 2 saturated heterocycles. The molecular formula is C15H18N4O4. The van der Waals surface area contributed by atoms with Gasteiger partial charge in [-0.1, -0.05) is 0 Å². The molecule has 3 heterocycles. The molecule has 122 valence electrons. The molecule has 2 fully saturated rings. The molecule has 3 amide bonds. The van der Waals surface area contributed by atoms with E-state index < -0.39 is 6.04 Å². The number of piperazine rings is 2. The minimum Gasteiger partial charge on any atom is -0.482 e. The van der Waals surface area contributed by atoms with Gasteiger partial charge in [-0.05, 0) is 12.1 Å². The number of ether oxygens (including phenoxy) is 1. The third-order valence-corrected chi connectivity index (χ3v) is 4.08. The van der Waals surface area contributed by atoms with Crippen LogP contribution in [-0.2, 0) is 14.4 Å². The van der Waals surface area contributed by atoms with Gasteiger partial charge in [0.1, 0.15) is 11.8 Å². The van der Waals surface area contributed by atoms with Crippen LogP contribution in [0.5, 0.6) is 5.75 Å². The maximum absolute atomic E-state index is 12.3. The molecule has 23 heavy (non-hydrogen) atoms. The van der Waals surface area contributed by atoms with Crippen molar-refractivity contribution in [3.8, 4) is 5.75 Å². The molecule has 0 aliphatic carbocycles. The molecule has 8 nitrogen and oxygen atoms in total. The van der Waals surface area contributed by atoms with Gasteiger partial charge in [0.25, 0.3) is 5.91 Å². The summed E-state index contributed by atoms with van der Waals surface area (Å²) in [6.07, 6.45) is 3.15. The zero-order chi connectivity index (χ0) is 16.4. The molecule has 1 atom stereocenters. The summed E-state index contributed by atoms with van der Waals surface area (Å²) >= 11 is 0. The number of hydrogen-bond donors (Lipinski definition) is 0. The van der Waals surface area contributed by atoms with Crippen LogP contribution in [0.1, 0.15) is 0 Å². The fraction of sp³-hybridized carbons (Fsp3) is 0.467. The Hall–Kier alpha value is -2.64. The number of amides is 3. The second-order valence-electron chi connectivity index (χ2n) is 5.61. The first-order valence-electron chi connectivity index (χ1n) is 7.41. The number of carbonyl (C=O) groups is 3. The molecule has 8 heteroatoms. The molecule has 2 aliphatic rings. The predicted molar refractivity (Wildman–Crippen MR) is 79.5 cm³/mol. The maximum atomic E-state index is 12.3. The van der Waals surface area contributed by atoms with Crippen LogP contribution in [0.25, 0.3) is 0 Å². The summed E-state index contributed by atoms with van der Waals surface area (Å²) in [7, 11) is 1.60. The number of carbonyl (C=O) groups excluding carboxylic acids is 3. The van der Waals surface area contributed by atoms with Gasteiger partial charge < -0.3 is 19.4 Å². The second kappa shape index (κ2) is 6.23. The number of nitrogens with zero attached hydrogens (tertiary/aromatic N) is 4. The minimum absolute atomic E-state index is 0.0733. The van der Waals surface area contributed by atoms with E-state index in [1.54, 1.807) is 35.2 Å². The molecular weight excluding hydrogens is 300 g/mol. The lowest BCUT2D eigenvalue weighted by Gasteiger charge is -2.45. The van der Waals surface area contributed by atoms with Gasteiger partial charge in [-0.25, -0.2) is 0 Å². The smallest absolute Gasteiger partial charge is 0.260 e. The fourth-order valence-electron chi connectivity index (χ4n) is 2.81. The fourth-order valence-corrected chi connectivity index (χ4v) is 2.81. The zero-order valence-corrected chi connectivity index (χ0v) is 12.8. The third-order valence-electron chi connectivity index (χ3n) is 4.08. The Morgan fingerprint density at radius 3 is 2.96 bits per heavy atom. The molecule has 0 bridgehead atoms. The first-order chi connectivity index (χ1) is 11.1. The Balaban J connectivity index is 1.60. The Morgan fingerprint density at radius 1 is 1.39 bits per heavy atom. The van der Waals surface area contributed by atoms with Crippen molar-refractivity contribution in [1.82, 2.24) is 19.7 Å². The molecule has 0 saturated carbocycles. The van der Waals surface area contributed by atoms with E-state index >= 15 is 0 Å². The Morgan fingerprint density at radius 2 is 2.22 bits per heavy atom. The van der Waals surface area contributed by atoms with E-state index in [2.05, 4.69) is 4.98 Å². The summed E-state index contributed by atoms with van der Waals surface area (Å²) in [4.78, 5) is 44.9. The summed E-state index contributed by atoms with van der Waals surface area (Å²) in [5, 5.41) is 0. The van der Waals surface area contributed by atoms with Gasteiger partial charge in [0.05, 0.1) is 19.3 Å². The zero-order valence-electron chi connectivity index (χ0n) is 12.8. The highest BCUT2D eigenvalue weighted by Gasteiger charge is 2.42. The largest absolute Gasteiger partial charge is 0.482 e. The first-order valence-corrected chi connectivity index (χ1v) is 7.41. The summed E-state index contributed by atoms with van der Waals surface area (Å²) < 4.78 is 5.40. The normalized spacial score (nSPS) is 21.3. The van der Waals surface area contributed by atoms with E-state index in [-0.39, 0.29) is 37.4 Å². The highest BCUT2D eigenvalue weighted by atomic mass is 16.5. The molecule has 0 spiro atoms. The summed E-state index contributed by atoms with van der Waals surface area (Å²) in [5.41, 5.74) is 0. The maximum Gasteiger partial charge on any atom is 0.260 e. The molecule has 1 aromatic rings. The number of likely N-dealkylation sites (N-methyl/N-ethyl adjacent to an activating group) is 1. The van der Waals surface area contributed by atoms with Crippen molar-refractivity contribution in [2.75, 3.05) is 39.8 Å². The van der Waals surface area contributed by atoms with Crippen LogP contribution < -0.4 is 4.74 Å². The van der Waals surface area contributed by atoms with Crippen molar-refractivity contribution >= 4 is 17.7 Å². The van der Waals surface area contributed by atoms with Gasteiger partial charge in [0.2, 0.25) is 11.8 Å². The standard InChI is InChI=1S/C15H18N4O4/c1-17-9-13(20)19-6-5-18(8-12(19)15(17)22)14(21)10-23-11-3-2-4-16-7-11/h2-4,7,12H,5-6,8-10H2,1H3/t12-/m1/s1. The Labute approximate surface area is 133 Å². The van der Waals surface area contributed by atoms with Gasteiger partial charge >= 0.3 is 0 Å². The van der Waals surface area contributed by atoms with E-state index in [9.17, 15) is 14.4 Å². The predicted octanol–water partition coefficient (Wildman–Crippen LogP) is -1.03. The van der Waals surface area contributed by atoms with Gasteiger partial charge in [0.15, 0.2) is 6.61 Å². The lowest BCUT2D eigenvalue weighted by Crippen LogP contribution is -2.67. The van der Waals surface area contributed by atoms with Crippen molar-refractivity contribution in [1.29, 1.82) is 0 Å². The lowest BCUT2D eigenvalue weighted by molar-refractivity contribution is -0.160. The highest BCUT2D eigenvalue weighted by Crippen LogP contribution is 2.17. The highest BCUT2D eigenvalue weighted by molar-refractivity contribution is 5.95. The van der Waals surface area contributed by atoms with E-state index in [0.717, 1.165) is 0 Å². The number of rotatable bonds is 3. The average Bonchev–Trinajstić information content (AvgIpc) is 2.58. The van der Waals surface area contributed by atoms with Crippen LogP contribution in [0.3, 0.4) is 0 Å². The molecule has 0 N–H and O–H groups in total. The van der Waals surface area contributed by atoms with Gasteiger partial charge in [-0.3, -0.25) is 19.4 Å². The summed E-state index contributed by atoms with van der Waals surface area (Å²) in [5.74, 6) is 0.108. The van der Waals surface area contributed by atoms with Gasteiger partial charge in [0, 0.05) is 26.3 Å². The summed E-state index contributed by atoms with van der Waals surface area (Å²) in [6.45, 7) is 0.990. The van der Waals surface area contributed by atoms with E-state index in [1.165, 1.54) is 11.1 Å². The van der Waals surface area contributed by atoms with E-state index in [1.807, 2.05) is 0 Å². The second-order valence-corrected chi connectivity index (χ2v) is 5.61. The quantitative estimate of drug-likeness (QED) is 0.712. The SMILES string of the molecule is CN1CC(=O)N2CCN(C(=O)COc3cccnc3)C[C@@H]2C1=O. The number of pyridine rings is 1. The number of hydrogen-bond acceptors (Lipinski definition) is 5. The minimum atomic E-state index is -0.586. The van der Waals surface area contributed by atoms with Crippen LogP contribution in [0.4, 0.5) is 0 Å². The van der Waals surface area contributed by atoms with Crippen LogP contribution in [0.2, 0.25) is 0 Å². The third kappa shape index (κ3) is 3.10. The van der Waals surface area contributed by atoms with Crippen molar-refractivity contribution in [3.05, 3.63) is 24.5 Å². The van der Waals surface area contributed by atoms with Crippen LogP contribution >= 0.6 is 0 Å². The molecule has 0 radical (unpaired) electrons. The number of fused-ring (bicyclic) bond motifs is 1. The number of aromatic nitrogens is 1. The average molecular weight is 318 g/mol. The summed E-state index contributed by atoms with van der Waals surface area (Å²) in [6, 6.07) is 2.86. The molecule has 2 aliphatic heterocycles. The molecule has 1 aromatic heterocycles. The molecule has 0 unspecified atom stereocenters. The monoisotopic (exact) mass is 318 g/mol. The van der Waals surface area contributed by atoms with Crippen molar-refractivity contribution in [2.24, 2.45) is 0 Å². The Kier molecular flexibility index (Phi) is 4.14. The topological polar surface area (TPSA) is 83.1 Å². The Bertz CT molecular complexity index is 621. The van der Waals surface area contributed by atoms with Crippen LogP contribution in [0.15, 0.2) is 24.5 Å². The van der Waals surface area contributed by atoms with Gasteiger partial charge in [-0.2, -0.15) is 0 Å². The first kappa shape index (κ1) is 15.3.